The van der Waals surface area contributed by atoms with Crippen LogP contribution in [0.4, 0.5) is 4.39 Å². The second kappa shape index (κ2) is 5.85. The van der Waals surface area contributed by atoms with Crippen molar-refractivity contribution in [3.8, 4) is 5.69 Å². The van der Waals surface area contributed by atoms with Crippen molar-refractivity contribution < 1.29 is 4.39 Å². The summed E-state index contributed by atoms with van der Waals surface area (Å²) in [6.07, 6.45) is 1.65. The van der Waals surface area contributed by atoms with Crippen molar-refractivity contribution in [2.75, 3.05) is 7.05 Å². The highest BCUT2D eigenvalue weighted by Crippen LogP contribution is 2.25. The van der Waals surface area contributed by atoms with Gasteiger partial charge in [-0.05, 0) is 25.2 Å². The maximum Gasteiger partial charge on any atom is 0.128 e. The summed E-state index contributed by atoms with van der Waals surface area (Å²) in [7, 11) is 1.79. The van der Waals surface area contributed by atoms with Gasteiger partial charge in [0, 0.05) is 5.56 Å². The standard InChI is InChI=1S/C16H15FN4/c1-18-16(13-9-5-6-10-14(13)17)15-11-19-20-21(15)12-7-3-2-4-8-12/h2-11,16,18H,1H3. The van der Waals surface area contributed by atoms with Gasteiger partial charge in [-0.3, -0.25) is 0 Å². The summed E-state index contributed by atoms with van der Waals surface area (Å²) in [4.78, 5) is 0. The fraction of sp³-hybridized carbons (Fsp3) is 0.125. The maximum atomic E-state index is 14.1. The minimum Gasteiger partial charge on any atom is -0.308 e. The van der Waals surface area contributed by atoms with Gasteiger partial charge >= 0.3 is 0 Å². The van der Waals surface area contributed by atoms with Gasteiger partial charge in [0.2, 0.25) is 0 Å². The second-order valence-corrected chi connectivity index (χ2v) is 4.65. The molecule has 4 nitrogen and oxygen atoms in total. The fourth-order valence-electron chi connectivity index (χ4n) is 2.38. The molecule has 1 heterocycles. The predicted octanol–water partition coefficient (Wildman–Crippen LogP) is 2.72. The van der Waals surface area contributed by atoms with Crippen LogP contribution in [0.3, 0.4) is 0 Å². The first-order valence-electron chi connectivity index (χ1n) is 6.69. The summed E-state index contributed by atoms with van der Waals surface area (Å²) in [6, 6.07) is 16.1. The molecule has 21 heavy (non-hydrogen) atoms. The Morgan fingerprint density at radius 1 is 1.05 bits per heavy atom. The smallest absolute Gasteiger partial charge is 0.128 e. The second-order valence-electron chi connectivity index (χ2n) is 4.65. The van der Waals surface area contributed by atoms with Gasteiger partial charge in [-0.1, -0.05) is 41.6 Å². The van der Waals surface area contributed by atoms with Gasteiger partial charge in [0.05, 0.1) is 23.6 Å². The van der Waals surface area contributed by atoms with Crippen molar-refractivity contribution in [1.82, 2.24) is 20.3 Å². The van der Waals surface area contributed by atoms with E-state index in [0.29, 0.717) is 5.56 Å². The van der Waals surface area contributed by atoms with Crippen molar-refractivity contribution in [2.45, 2.75) is 6.04 Å². The zero-order valence-corrected chi connectivity index (χ0v) is 11.6. The third kappa shape index (κ3) is 2.55. The number of aromatic nitrogens is 3. The number of hydrogen-bond acceptors (Lipinski definition) is 3. The third-order valence-corrected chi connectivity index (χ3v) is 3.38. The number of rotatable bonds is 4. The lowest BCUT2D eigenvalue weighted by Gasteiger charge is -2.18. The van der Waals surface area contributed by atoms with Gasteiger partial charge in [-0.2, -0.15) is 0 Å². The highest BCUT2D eigenvalue weighted by Gasteiger charge is 2.21. The average Bonchev–Trinajstić information content (AvgIpc) is 3.00. The van der Waals surface area contributed by atoms with Crippen LogP contribution in [0.2, 0.25) is 0 Å². The molecule has 3 rings (SSSR count). The molecule has 0 spiro atoms. The molecule has 3 aromatic rings. The Kier molecular flexibility index (Phi) is 3.75. The molecule has 1 aromatic heterocycles. The van der Waals surface area contributed by atoms with Crippen LogP contribution in [-0.2, 0) is 0 Å². The molecule has 0 fully saturated rings. The van der Waals surface area contributed by atoms with E-state index in [-0.39, 0.29) is 11.9 Å². The quantitative estimate of drug-likeness (QED) is 0.800. The molecule has 0 saturated carbocycles. The number of nitrogens with zero attached hydrogens (tertiary/aromatic N) is 3. The van der Waals surface area contributed by atoms with E-state index in [2.05, 4.69) is 15.6 Å². The van der Waals surface area contributed by atoms with Crippen molar-refractivity contribution >= 4 is 0 Å². The van der Waals surface area contributed by atoms with E-state index in [9.17, 15) is 4.39 Å². The summed E-state index contributed by atoms with van der Waals surface area (Å²) in [6.45, 7) is 0. The van der Waals surface area contributed by atoms with Gasteiger partial charge in [-0.15, -0.1) is 5.10 Å². The SMILES string of the molecule is CNC(c1ccccc1F)c1cnnn1-c1ccccc1. The van der Waals surface area contributed by atoms with E-state index >= 15 is 0 Å². The molecular formula is C16H15FN4. The van der Waals surface area contributed by atoms with E-state index in [4.69, 9.17) is 0 Å². The summed E-state index contributed by atoms with van der Waals surface area (Å²) >= 11 is 0. The molecule has 1 unspecified atom stereocenters. The molecule has 0 aliphatic rings. The zero-order valence-electron chi connectivity index (χ0n) is 11.6. The van der Waals surface area contributed by atoms with Crippen LogP contribution in [0.25, 0.3) is 5.69 Å². The zero-order chi connectivity index (χ0) is 14.7. The van der Waals surface area contributed by atoms with E-state index in [1.165, 1.54) is 6.07 Å². The maximum absolute atomic E-state index is 14.1. The molecule has 1 atom stereocenters. The van der Waals surface area contributed by atoms with Crippen molar-refractivity contribution in [3.05, 3.63) is 77.9 Å². The van der Waals surface area contributed by atoms with Crippen LogP contribution < -0.4 is 5.32 Å². The topological polar surface area (TPSA) is 42.7 Å². The Morgan fingerprint density at radius 2 is 1.76 bits per heavy atom. The fourth-order valence-corrected chi connectivity index (χ4v) is 2.38. The van der Waals surface area contributed by atoms with Gasteiger partial charge < -0.3 is 5.32 Å². The average molecular weight is 282 g/mol. The molecule has 2 aromatic carbocycles. The number of halogens is 1. The molecule has 0 amide bonds. The van der Waals surface area contributed by atoms with E-state index in [0.717, 1.165) is 11.4 Å². The van der Waals surface area contributed by atoms with Gasteiger partial charge in [0.1, 0.15) is 5.82 Å². The van der Waals surface area contributed by atoms with Gasteiger partial charge in [-0.25, -0.2) is 9.07 Å². The Labute approximate surface area is 122 Å². The van der Waals surface area contributed by atoms with E-state index in [1.54, 1.807) is 30.1 Å². The highest BCUT2D eigenvalue weighted by molar-refractivity contribution is 5.35. The Balaban J connectivity index is 2.08. The minimum absolute atomic E-state index is 0.252. The van der Waals surface area contributed by atoms with Crippen LogP contribution in [-0.4, -0.2) is 22.0 Å². The lowest BCUT2D eigenvalue weighted by Crippen LogP contribution is -2.22. The molecule has 0 aliphatic carbocycles. The number of para-hydroxylation sites is 1. The largest absolute Gasteiger partial charge is 0.308 e. The molecule has 0 radical (unpaired) electrons. The minimum atomic E-state index is -0.318. The monoisotopic (exact) mass is 282 g/mol. The Bertz CT molecular complexity index is 724. The normalized spacial score (nSPS) is 12.3. The number of hydrogen-bond donors (Lipinski definition) is 1. The highest BCUT2D eigenvalue weighted by atomic mass is 19.1. The molecule has 1 N–H and O–H groups in total. The van der Waals surface area contributed by atoms with Crippen LogP contribution in [0, 0.1) is 5.82 Å². The first kappa shape index (κ1) is 13.5. The summed E-state index contributed by atoms with van der Waals surface area (Å²) in [5.74, 6) is -0.252. The summed E-state index contributed by atoms with van der Waals surface area (Å²) < 4.78 is 15.8. The van der Waals surface area contributed by atoms with Gasteiger partial charge in [0.25, 0.3) is 0 Å². The van der Waals surface area contributed by atoms with Crippen LogP contribution in [0.15, 0.2) is 60.8 Å². The summed E-state index contributed by atoms with van der Waals surface area (Å²) in [5.41, 5.74) is 2.25. The van der Waals surface area contributed by atoms with Crippen LogP contribution in [0.5, 0.6) is 0 Å². The van der Waals surface area contributed by atoms with Crippen LogP contribution in [0.1, 0.15) is 17.3 Å². The molecule has 0 saturated heterocycles. The van der Waals surface area contributed by atoms with Crippen molar-refractivity contribution in [3.63, 3.8) is 0 Å². The molecular weight excluding hydrogens is 267 g/mol. The van der Waals surface area contributed by atoms with E-state index in [1.807, 2.05) is 36.4 Å². The number of benzene rings is 2. The molecule has 106 valence electrons. The predicted molar refractivity (Wildman–Crippen MR) is 78.7 cm³/mol. The van der Waals surface area contributed by atoms with E-state index < -0.39 is 0 Å². The Morgan fingerprint density at radius 3 is 2.48 bits per heavy atom. The third-order valence-electron chi connectivity index (χ3n) is 3.38. The molecule has 5 heteroatoms. The molecule has 0 bridgehead atoms. The van der Waals surface area contributed by atoms with Crippen LogP contribution >= 0.6 is 0 Å². The van der Waals surface area contributed by atoms with Crippen molar-refractivity contribution in [2.24, 2.45) is 0 Å². The van der Waals surface area contributed by atoms with Crippen molar-refractivity contribution in [1.29, 1.82) is 0 Å². The summed E-state index contributed by atoms with van der Waals surface area (Å²) in [5, 5.41) is 11.2. The lowest BCUT2D eigenvalue weighted by molar-refractivity contribution is 0.561. The lowest BCUT2D eigenvalue weighted by atomic mass is 10.0. The first-order chi connectivity index (χ1) is 10.3. The van der Waals surface area contributed by atoms with Gasteiger partial charge in [0.15, 0.2) is 0 Å². The first-order valence-corrected chi connectivity index (χ1v) is 6.69. The Hall–Kier alpha value is -2.53. The number of nitrogens with one attached hydrogen (secondary N) is 1. The molecule has 0 aliphatic heterocycles.